The number of thiazole rings is 1. The van der Waals surface area contributed by atoms with Crippen molar-refractivity contribution in [2.45, 2.75) is 26.8 Å². The van der Waals surface area contributed by atoms with E-state index >= 15 is 0 Å². The summed E-state index contributed by atoms with van der Waals surface area (Å²) in [5.41, 5.74) is 2.41. The van der Waals surface area contributed by atoms with Crippen LogP contribution in [0.4, 0.5) is 0 Å². The summed E-state index contributed by atoms with van der Waals surface area (Å²) < 4.78 is 24.0. The number of hydrogen-bond donors (Lipinski definition) is 0. The highest BCUT2D eigenvalue weighted by Gasteiger charge is 2.36. The minimum Gasteiger partial charge on any atom is -0.497 e. The standard InChI is InChI=1S/C33H33N3O7S/c1-7-35(8-2)31(38)28-19(3)34-33-36(29(28)24-17-22(40-4)13-16-26(24)41-5)30(37)27(44-33)18-23-14-15-25(43-23)20-9-11-21(12-10-20)32(39)42-6/h9-18,29H,7-8H2,1-6H3/b27-18+/t29-/m0/s1. The van der Waals surface area contributed by atoms with Crippen LogP contribution < -0.4 is 24.4 Å². The highest BCUT2D eigenvalue weighted by atomic mass is 32.1. The number of rotatable bonds is 9. The average molecular weight is 616 g/mol. The van der Waals surface area contributed by atoms with E-state index in [2.05, 4.69) is 0 Å². The molecule has 0 N–H and O–H groups in total. The molecule has 1 atom stereocenters. The number of esters is 1. The Morgan fingerprint density at radius 1 is 1.02 bits per heavy atom. The Morgan fingerprint density at radius 2 is 1.75 bits per heavy atom. The number of likely N-dealkylation sites (N-methyl/N-ethyl adjacent to an activating group) is 1. The van der Waals surface area contributed by atoms with Gasteiger partial charge in [0.2, 0.25) is 0 Å². The molecule has 10 nitrogen and oxygen atoms in total. The van der Waals surface area contributed by atoms with Crippen molar-refractivity contribution >= 4 is 29.3 Å². The van der Waals surface area contributed by atoms with Crippen molar-refractivity contribution in [2.24, 2.45) is 4.99 Å². The highest BCUT2D eigenvalue weighted by Crippen LogP contribution is 2.38. The molecule has 0 radical (unpaired) electrons. The second kappa shape index (κ2) is 12.8. The number of amides is 1. The molecule has 1 aliphatic rings. The fourth-order valence-electron chi connectivity index (χ4n) is 5.23. The second-order valence-electron chi connectivity index (χ2n) is 9.94. The fourth-order valence-corrected chi connectivity index (χ4v) is 6.25. The zero-order valence-corrected chi connectivity index (χ0v) is 26.2. The van der Waals surface area contributed by atoms with E-state index in [0.717, 1.165) is 5.56 Å². The van der Waals surface area contributed by atoms with Crippen LogP contribution in [0.3, 0.4) is 0 Å². The minimum atomic E-state index is -0.799. The van der Waals surface area contributed by atoms with E-state index in [-0.39, 0.29) is 11.5 Å². The van der Waals surface area contributed by atoms with Crippen LogP contribution in [0.2, 0.25) is 0 Å². The summed E-state index contributed by atoms with van der Waals surface area (Å²) in [5.74, 6) is 1.49. The summed E-state index contributed by atoms with van der Waals surface area (Å²) in [5, 5.41) is 0. The van der Waals surface area contributed by atoms with Gasteiger partial charge in [-0.3, -0.25) is 14.2 Å². The molecule has 0 aliphatic carbocycles. The third-order valence-corrected chi connectivity index (χ3v) is 8.51. The lowest BCUT2D eigenvalue weighted by Gasteiger charge is -2.30. The normalized spacial score (nSPS) is 14.6. The van der Waals surface area contributed by atoms with E-state index in [0.29, 0.717) is 67.8 Å². The van der Waals surface area contributed by atoms with Gasteiger partial charge < -0.3 is 23.5 Å². The van der Waals surface area contributed by atoms with E-state index in [9.17, 15) is 14.4 Å². The molecule has 228 valence electrons. The summed E-state index contributed by atoms with van der Waals surface area (Å²) in [4.78, 5) is 46.7. The third-order valence-electron chi connectivity index (χ3n) is 7.52. The molecule has 1 aliphatic heterocycles. The molecule has 2 aromatic carbocycles. The van der Waals surface area contributed by atoms with Crippen LogP contribution in [0.1, 0.15) is 48.5 Å². The number of fused-ring (bicyclic) bond motifs is 1. The average Bonchev–Trinajstić information content (AvgIpc) is 3.64. The monoisotopic (exact) mass is 615 g/mol. The van der Waals surface area contributed by atoms with Crippen molar-refractivity contribution in [3.8, 4) is 22.8 Å². The Kier molecular flexibility index (Phi) is 8.86. The molecule has 44 heavy (non-hydrogen) atoms. The van der Waals surface area contributed by atoms with Gasteiger partial charge in [0.25, 0.3) is 11.5 Å². The molecule has 0 spiro atoms. The first-order valence-corrected chi connectivity index (χ1v) is 14.9. The summed E-state index contributed by atoms with van der Waals surface area (Å²) in [6.45, 7) is 6.63. The molecule has 11 heteroatoms. The Bertz CT molecular complexity index is 1930. The molecule has 0 fully saturated rings. The fraction of sp³-hybridized carbons (Fsp3) is 0.273. The SMILES string of the molecule is CCN(CC)C(=O)C1=C(C)N=c2s/c(=C/c3ccc(-c4ccc(C(=O)OC)cc4)o3)c(=O)n2[C@H]1c1cc(OC)ccc1OC. The summed E-state index contributed by atoms with van der Waals surface area (Å²) in [6.07, 6.45) is 1.67. The number of ether oxygens (including phenoxy) is 3. The number of carbonyl (C=O) groups is 2. The van der Waals surface area contributed by atoms with Crippen molar-refractivity contribution in [3.05, 3.63) is 102 Å². The molecule has 0 saturated heterocycles. The Balaban J connectivity index is 1.64. The van der Waals surface area contributed by atoms with Gasteiger partial charge in [-0.2, -0.15) is 0 Å². The Hall–Kier alpha value is -4.90. The number of nitrogens with zero attached hydrogens (tertiary/aromatic N) is 3. The number of allylic oxidation sites excluding steroid dienone is 1. The van der Waals surface area contributed by atoms with E-state index in [1.165, 1.54) is 18.4 Å². The quantitative estimate of drug-likeness (QED) is 0.260. The highest BCUT2D eigenvalue weighted by molar-refractivity contribution is 7.07. The lowest BCUT2D eigenvalue weighted by molar-refractivity contribution is -0.127. The smallest absolute Gasteiger partial charge is 0.337 e. The van der Waals surface area contributed by atoms with Crippen LogP contribution in [-0.4, -0.2) is 55.8 Å². The number of furan rings is 1. The van der Waals surface area contributed by atoms with E-state index in [4.69, 9.17) is 23.6 Å². The van der Waals surface area contributed by atoms with Crippen molar-refractivity contribution in [1.29, 1.82) is 0 Å². The van der Waals surface area contributed by atoms with Crippen LogP contribution in [0.15, 0.2) is 80.1 Å². The molecule has 2 aromatic heterocycles. The van der Waals surface area contributed by atoms with Crippen molar-refractivity contribution < 1.29 is 28.2 Å². The maximum Gasteiger partial charge on any atom is 0.337 e. The molecule has 1 amide bonds. The lowest BCUT2D eigenvalue weighted by Crippen LogP contribution is -2.43. The molecule has 4 aromatic rings. The maximum atomic E-state index is 14.1. The number of methoxy groups -OCH3 is 3. The van der Waals surface area contributed by atoms with Crippen molar-refractivity contribution in [1.82, 2.24) is 9.47 Å². The van der Waals surface area contributed by atoms with Gasteiger partial charge in [0.1, 0.15) is 29.1 Å². The van der Waals surface area contributed by atoms with Crippen molar-refractivity contribution in [3.63, 3.8) is 0 Å². The van der Waals surface area contributed by atoms with Gasteiger partial charge >= 0.3 is 5.97 Å². The van der Waals surface area contributed by atoms with Crippen LogP contribution in [0.5, 0.6) is 11.5 Å². The van der Waals surface area contributed by atoms with Gasteiger partial charge in [0.05, 0.1) is 42.7 Å². The van der Waals surface area contributed by atoms with E-state index in [1.807, 2.05) is 13.8 Å². The number of hydrogen-bond acceptors (Lipinski definition) is 9. The molecule has 0 bridgehead atoms. The largest absolute Gasteiger partial charge is 0.497 e. The van der Waals surface area contributed by atoms with Crippen LogP contribution >= 0.6 is 11.3 Å². The Labute approximate surface area is 258 Å². The molecular weight excluding hydrogens is 582 g/mol. The number of carbonyl (C=O) groups excluding carboxylic acids is 2. The maximum absolute atomic E-state index is 14.1. The molecule has 3 heterocycles. The Morgan fingerprint density at radius 3 is 2.39 bits per heavy atom. The minimum absolute atomic E-state index is 0.200. The van der Waals surface area contributed by atoms with Gasteiger partial charge in [-0.25, -0.2) is 9.79 Å². The van der Waals surface area contributed by atoms with Gasteiger partial charge in [-0.1, -0.05) is 23.5 Å². The topological polar surface area (TPSA) is 113 Å². The number of aromatic nitrogens is 1. The summed E-state index contributed by atoms with van der Waals surface area (Å²) in [6, 6.07) is 14.9. The molecule has 5 rings (SSSR count). The first-order valence-electron chi connectivity index (χ1n) is 14.1. The van der Waals surface area contributed by atoms with Crippen LogP contribution in [0, 0.1) is 0 Å². The van der Waals surface area contributed by atoms with E-state index < -0.39 is 12.0 Å². The van der Waals surface area contributed by atoms with Gasteiger partial charge in [0.15, 0.2) is 4.80 Å². The van der Waals surface area contributed by atoms with Crippen LogP contribution in [0.25, 0.3) is 17.4 Å². The second-order valence-corrected chi connectivity index (χ2v) is 10.9. The summed E-state index contributed by atoms with van der Waals surface area (Å²) >= 11 is 1.21. The van der Waals surface area contributed by atoms with E-state index in [1.54, 1.807) is 91.3 Å². The van der Waals surface area contributed by atoms with Gasteiger partial charge in [-0.05, 0) is 63.2 Å². The zero-order valence-electron chi connectivity index (χ0n) is 25.4. The first-order chi connectivity index (χ1) is 21.2. The van der Waals surface area contributed by atoms with Gasteiger partial charge in [-0.15, -0.1) is 0 Å². The van der Waals surface area contributed by atoms with Crippen molar-refractivity contribution in [2.75, 3.05) is 34.4 Å². The first kappa shape index (κ1) is 30.6. The zero-order chi connectivity index (χ0) is 31.5. The lowest BCUT2D eigenvalue weighted by atomic mass is 9.93. The van der Waals surface area contributed by atoms with Gasteiger partial charge in [0, 0.05) is 30.3 Å². The molecule has 0 unspecified atom stereocenters. The molecule has 0 saturated carbocycles. The predicted octanol–water partition coefficient (Wildman–Crippen LogP) is 4.17. The summed E-state index contributed by atoms with van der Waals surface area (Å²) in [7, 11) is 4.44. The predicted molar refractivity (Wildman–Crippen MR) is 167 cm³/mol. The molecular formula is C33H33N3O7S. The third kappa shape index (κ3) is 5.58. The van der Waals surface area contributed by atoms with Crippen LogP contribution in [-0.2, 0) is 9.53 Å². The number of benzene rings is 2.